The lowest BCUT2D eigenvalue weighted by Gasteiger charge is -2.20. The number of carboxylic acids is 1. The molecule has 23 heavy (non-hydrogen) atoms. The highest BCUT2D eigenvalue weighted by molar-refractivity contribution is 6.00. The standard InChI is InChI=1S/C19H27NO3/c1-10(2)12-8-7-9-13(11(3)4)16(12)20-17(21)14-15(18(22)23)19(14,5)6/h7-11,14-15H,1-6H3,(H,20,21)(H,22,23)/t14-,15+/m0/s1. The zero-order valence-corrected chi connectivity index (χ0v) is 14.8. The molecule has 0 bridgehead atoms. The Kier molecular flexibility index (Phi) is 4.56. The molecule has 0 heterocycles. The van der Waals surface area contributed by atoms with Crippen LogP contribution in [0, 0.1) is 17.3 Å². The normalized spacial score (nSPS) is 22.3. The van der Waals surface area contributed by atoms with Gasteiger partial charge in [0.05, 0.1) is 11.8 Å². The minimum atomic E-state index is -0.892. The van der Waals surface area contributed by atoms with Crippen molar-refractivity contribution in [2.75, 3.05) is 5.32 Å². The zero-order valence-electron chi connectivity index (χ0n) is 14.8. The fraction of sp³-hybridized carbons (Fsp3) is 0.579. The molecule has 0 unspecified atom stereocenters. The highest BCUT2D eigenvalue weighted by Crippen LogP contribution is 2.58. The Balaban J connectivity index is 2.33. The second kappa shape index (κ2) is 5.99. The summed E-state index contributed by atoms with van der Waals surface area (Å²) in [6, 6.07) is 6.07. The van der Waals surface area contributed by atoms with Crippen LogP contribution < -0.4 is 5.32 Å². The first-order valence-corrected chi connectivity index (χ1v) is 8.25. The smallest absolute Gasteiger partial charge is 0.307 e. The van der Waals surface area contributed by atoms with Gasteiger partial charge < -0.3 is 10.4 Å². The van der Waals surface area contributed by atoms with Crippen LogP contribution in [0.4, 0.5) is 5.69 Å². The molecule has 4 nitrogen and oxygen atoms in total. The second-order valence-electron chi connectivity index (χ2n) is 7.73. The van der Waals surface area contributed by atoms with Crippen molar-refractivity contribution in [1.29, 1.82) is 0 Å². The average Bonchev–Trinajstić information content (AvgIpc) is 3.01. The number of nitrogens with one attached hydrogen (secondary N) is 1. The van der Waals surface area contributed by atoms with Crippen molar-refractivity contribution >= 4 is 17.6 Å². The van der Waals surface area contributed by atoms with Crippen molar-refractivity contribution in [2.45, 2.75) is 53.4 Å². The van der Waals surface area contributed by atoms with Gasteiger partial charge in [0, 0.05) is 5.69 Å². The number of para-hydroxylation sites is 1. The molecule has 0 saturated heterocycles. The summed E-state index contributed by atoms with van der Waals surface area (Å²) >= 11 is 0. The highest BCUT2D eigenvalue weighted by atomic mass is 16.4. The van der Waals surface area contributed by atoms with Crippen LogP contribution in [0.25, 0.3) is 0 Å². The van der Waals surface area contributed by atoms with E-state index in [0.29, 0.717) is 0 Å². The molecule has 0 spiro atoms. The number of benzene rings is 1. The maximum Gasteiger partial charge on any atom is 0.307 e. The molecule has 1 amide bonds. The van der Waals surface area contributed by atoms with Crippen LogP contribution in [0.5, 0.6) is 0 Å². The Bertz CT molecular complexity index is 605. The van der Waals surface area contributed by atoms with Crippen LogP contribution in [0.1, 0.15) is 64.5 Å². The molecule has 1 saturated carbocycles. The fourth-order valence-corrected chi connectivity index (χ4v) is 3.48. The SMILES string of the molecule is CC(C)c1cccc(C(C)C)c1NC(=O)[C@@H]1[C@H](C(=O)O)C1(C)C. The van der Waals surface area contributed by atoms with E-state index in [4.69, 9.17) is 0 Å². The molecular formula is C19H27NO3. The minimum absolute atomic E-state index is 0.183. The molecular weight excluding hydrogens is 290 g/mol. The predicted molar refractivity (Wildman–Crippen MR) is 91.6 cm³/mol. The molecule has 2 rings (SSSR count). The fourth-order valence-electron chi connectivity index (χ4n) is 3.48. The van der Waals surface area contributed by atoms with Gasteiger partial charge >= 0.3 is 5.97 Å². The maximum absolute atomic E-state index is 12.7. The molecule has 4 heteroatoms. The van der Waals surface area contributed by atoms with E-state index in [1.807, 2.05) is 32.0 Å². The summed E-state index contributed by atoms with van der Waals surface area (Å²) in [6.45, 7) is 12.1. The van der Waals surface area contributed by atoms with E-state index in [-0.39, 0.29) is 17.7 Å². The summed E-state index contributed by atoms with van der Waals surface area (Å²) in [7, 11) is 0. The lowest BCUT2D eigenvalue weighted by atomic mass is 9.92. The number of aliphatic carboxylic acids is 1. The van der Waals surface area contributed by atoms with E-state index in [1.165, 1.54) is 0 Å². The van der Waals surface area contributed by atoms with Gasteiger partial charge in [0.15, 0.2) is 0 Å². The van der Waals surface area contributed by atoms with Gasteiger partial charge in [0.25, 0.3) is 0 Å². The second-order valence-corrected chi connectivity index (χ2v) is 7.73. The van der Waals surface area contributed by atoms with Gasteiger partial charge in [-0.1, -0.05) is 59.7 Å². The van der Waals surface area contributed by atoms with Crippen LogP contribution in [-0.4, -0.2) is 17.0 Å². The number of amides is 1. The van der Waals surface area contributed by atoms with Gasteiger partial charge in [-0.2, -0.15) is 0 Å². The van der Waals surface area contributed by atoms with Crippen molar-refractivity contribution in [3.05, 3.63) is 29.3 Å². The third-order valence-electron chi connectivity index (χ3n) is 5.00. The molecule has 1 aliphatic carbocycles. The van der Waals surface area contributed by atoms with Gasteiger partial charge in [-0.25, -0.2) is 0 Å². The van der Waals surface area contributed by atoms with Gasteiger partial charge in [0.1, 0.15) is 0 Å². The molecule has 1 fully saturated rings. The van der Waals surface area contributed by atoms with Crippen LogP contribution in [-0.2, 0) is 9.59 Å². The van der Waals surface area contributed by atoms with E-state index in [2.05, 4.69) is 33.0 Å². The van der Waals surface area contributed by atoms with E-state index >= 15 is 0 Å². The molecule has 126 valence electrons. The maximum atomic E-state index is 12.7. The van der Waals surface area contributed by atoms with Gasteiger partial charge in [0.2, 0.25) is 5.91 Å². The van der Waals surface area contributed by atoms with Gasteiger partial charge in [-0.3, -0.25) is 9.59 Å². The number of carbonyl (C=O) groups excluding carboxylic acids is 1. The summed E-state index contributed by atoms with van der Waals surface area (Å²) in [5.74, 6) is -1.58. The third-order valence-corrected chi connectivity index (χ3v) is 5.00. The third kappa shape index (κ3) is 3.12. The summed E-state index contributed by atoms with van der Waals surface area (Å²) in [6.07, 6.45) is 0. The molecule has 1 aliphatic rings. The number of hydrogen-bond acceptors (Lipinski definition) is 2. The molecule has 2 atom stereocenters. The Morgan fingerprint density at radius 3 is 1.87 bits per heavy atom. The Labute approximate surface area is 138 Å². The Morgan fingerprint density at radius 2 is 1.52 bits per heavy atom. The van der Waals surface area contributed by atoms with E-state index in [1.54, 1.807) is 0 Å². The lowest BCUT2D eigenvalue weighted by Crippen LogP contribution is -2.20. The average molecular weight is 317 g/mol. The summed E-state index contributed by atoms with van der Waals surface area (Å²) in [4.78, 5) is 24.0. The number of rotatable bonds is 5. The van der Waals surface area contributed by atoms with E-state index in [0.717, 1.165) is 16.8 Å². The molecule has 2 N–H and O–H groups in total. The number of carboxylic acid groups (broad SMARTS) is 1. The molecule has 1 aromatic carbocycles. The predicted octanol–water partition coefficient (Wildman–Crippen LogP) is 4.23. The summed E-state index contributed by atoms with van der Waals surface area (Å²) in [5, 5.41) is 12.3. The molecule has 0 aliphatic heterocycles. The van der Waals surface area contributed by atoms with Crippen LogP contribution in [0.2, 0.25) is 0 Å². The number of hydrogen-bond donors (Lipinski definition) is 2. The van der Waals surface area contributed by atoms with Crippen molar-refractivity contribution in [3.63, 3.8) is 0 Å². The number of anilines is 1. The molecule has 0 aromatic heterocycles. The zero-order chi connectivity index (χ0) is 17.5. The molecule has 0 radical (unpaired) electrons. The first-order valence-electron chi connectivity index (χ1n) is 8.25. The topological polar surface area (TPSA) is 66.4 Å². The summed E-state index contributed by atoms with van der Waals surface area (Å²) in [5.41, 5.74) is 2.56. The van der Waals surface area contributed by atoms with Crippen molar-refractivity contribution in [3.8, 4) is 0 Å². The van der Waals surface area contributed by atoms with Crippen molar-refractivity contribution in [2.24, 2.45) is 17.3 Å². The van der Waals surface area contributed by atoms with Gasteiger partial charge in [-0.05, 0) is 28.4 Å². The largest absolute Gasteiger partial charge is 0.481 e. The lowest BCUT2D eigenvalue weighted by molar-refractivity contribution is -0.140. The summed E-state index contributed by atoms with van der Waals surface area (Å²) < 4.78 is 0. The van der Waals surface area contributed by atoms with Crippen molar-refractivity contribution in [1.82, 2.24) is 0 Å². The molecule has 1 aromatic rings. The van der Waals surface area contributed by atoms with E-state index < -0.39 is 23.2 Å². The van der Waals surface area contributed by atoms with Crippen LogP contribution in [0.3, 0.4) is 0 Å². The number of carbonyl (C=O) groups is 2. The quantitative estimate of drug-likeness (QED) is 0.854. The van der Waals surface area contributed by atoms with Crippen LogP contribution >= 0.6 is 0 Å². The van der Waals surface area contributed by atoms with Crippen molar-refractivity contribution < 1.29 is 14.7 Å². The Hall–Kier alpha value is -1.84. The first kappa shape index (κ1) is 17.5. The monoisotopic (exact) mass is 317 g/mol. The van der Waals surface area contributed by atoms with E-state index in [9.17, 15) is 14.7 Å². The first-order chi connectivity index (χ1) is 10.6. The highest BCUT2D eigenvalue weighted by Gasteiger charge is 2.65. The Morgan fingerprint density at radius 1 is 1.04 bits per heavy atom. The minimum Gasteiger partial charge on any atom is -0.481 e. The van der Waals surface area contributed by atoms with Crippen LogP contribution in [0.15, 0.2) is 18.2 Å². The van der Waals surface area contributed by atoms with Gasteiger partial charge in [-0.15, -0.1) is 0 Å².